The van der Waals surface area contributed by atoms with Crippen molar-refractivity contribution in [3.63, 3.8) is 0 Å². The summed E-state index contributed by atoms with van der Waals surface area (Å²) in [4.78, 5) is 6.90. The number of rotatable bonds is 6. The number of aryl methyl sites for hydroxylation is 1. The maximum absolute atomic E-state index is 4.74. The zero-order valence-electron chi connectivity index (χ0n) is 13.8. The zero-order chi connectivity index (χ0) is 15.9. The fourth-order valence-corrected chi connectivity index (χ4v) is 3.51. The van der Waals surface area contributed by atoms with Gasteiger partial charge in [0.2, 0.25) is 0 Å². The van der Waals surface area contributed by atoms with Gasteiger partial charge < -0.3 is 14.8 Å². The fraction of sp³-hybridized carbons (Fsp3) is 0.438. The summed E-state index contributed by atoms with van der Waals surface area (Å²) >= 11 is 5.26. The summed E-state index contributed by atoms with van der Waals surface area (Å²) in [6.45, 7) is 4.60. The molecule has 0 saturated carbocycles. The summed E-state index contributed by atoms with van der Waals surface area (Å²) < 4.78 is 3.24. The lowest BCUT2D eigenvalue weighted by molar-refractivity contribution is 0.462. The first-order valence-corrected chi connectivity index (χ1v) is 9.15. The Morgan fingerprint density at radius 3 is 2.83 bits per heavy atom. The minimum absolute atomic E-state index is 0. The largest absolute Gasteiger partial charge is 0.357 e. The molecule has 0 amide bonds. The summed E-state index contributed by atoms with van der Waals surface area (Å²) in [6.07, 6.45) is 3.06. The van der Waals surface area contributed by atoms with Crippen molar-refractivity contribution >= 4 is 57.2 Å². The average Bonchev–Trinajstić information content (AvgIpc) is 3.08. The van der Waals surface area contributed by atoms with Crippen LogP contribution in [0.5, 0.6) is 0 Å². The first-order chi connectivity index (χ1) is 10.6. The van der Waals surface area contributed by atoms with E-state index in [2.05, 4.69) is 80.8 Å². The zero-order valence-corrected chi connectivity index (χ0v) is 18.5. The van der Waals surface area contributed by atoms with E-state index in [1.807, 2.05) is 0 Å². The number of guanidine groups is 1. The molecule has 0 atom stereocenters. The lowest BCUT2D eigenvalue weighted by Gasteiger charge is -2.22. The van der Waals surface area contributed by atoms with Crippen LogP contribution in [0.1, 0.15) is 18.2 Å². The van der Waals surface area contributed by atoms with Gasteiger partial charge in [-0.05, 0) is 57.7 Å². The van der Waals surface area contributed by atoms with Gasteiger partial charge in [0.1, 0.15) is 0 Å². The van der Waals surface area contributed by atoms with E-state index in [9.17, 15) is 0 Å². The van der Waals surface area contributed by atoms with Crippen molar-refractivity contribution in [1.29, 1.82) is 0 Å². The highest BCUT2D eigenvalue weighted by atomic mass is 127. The van der Waals surface area contributed by atoms with Crippen molar-refractivity contribution in [3.05, 3.63) is 44.8 Å². The van der Waals surface area contributed by atoms with Gasteiger partial charge in [-0.15, -0.1) is 24.0 Å². The Labute approximate surface area is 168 Å². The van der Waals surface area contributed by atoms with E-state index in [-0.39, 0.29) is 24.0 Å². The normalized spacial score (nSPS) is 11.2. The van der Waals surface area contributed by atoms with Crippen LogP contribution in [0.25, 0.3) is 0 Å². The van der Waals surface area contributed by atoms with Crippen molar-refractivity contribution in [2.75, 3.05) is 20.1 Å². The van der Waals surface area contributed by atoms with Gasteiger partial charge in [-0.2, -0.15) is 11.3 Å². The van der Waals surface area contributed by atoms with Crippen molar-refractivity contribution in [1.82, 2.24) is 14.8 Å². The van der Waals surface area contributed by atoms with Crippen LogP contribution in [0, 0.1) is 0 Å². The van der Waals surface area contributed by atoms with Crippen molar-refractivity contribution in [2.45, 2.75) is 19.9 Å². The topological polar surface area (TPSA) is 32.6 Å². The molecule has 2 aromatic rings. The Kier molecular flexibility index (Phi) is 9.23. The summed E-state index contributed by atoms with van der Waals surface area (Å²) in [6, 6.07) is 4.31. The highest BCUT2D eigenvalue weighted by Gasteiger charge is 2.09. The average molecular weight is 511 g/mol. The lowest BCUT2D eigenvalue weighted by Crippen LogP contribution is -2.39. The molecule has 0 aliphatic carbocycles. The molecule has 0 spiro atoms. The summed E-state index contributed by atoms with van der Waals surface area (Å²) in [5, 5.41) is 7.67. The van der Waals surface area contributed by atoms with Crippen LogP contribution < -0.4 is 5.32 Å². The smallest absolute Gasteiger partial charge is 0.194 e. The van der Waals surface area contributed by atoms with Crippen LogP contribution >= 0.6 is 51.2 Å². The number of nitrogens with one attached hydrogen (secondary N) is 1. The second-order valence-corrected chi connectivity index (χ2v) is 6.93. The molecule has 0 aromatic carbocycles. The van der Waals surface area contributed by atoms with E-state index in [4.69, 9.17) is 4.99 Å². The Balaban J connectivity index is 0.00000264. The third-order valence-electron chi connectivity index (χ3n) is 3.41. The molecule has 128 valence electrons. The molecular formula is C16H24BrIN4S. The molecule has 7 heteroatoms. The third kappa shape index (κ3) is 6.46. The van der Waals surface area contributed by atoms with Gasteiger partial charge in [0.05, 0.1) is 6.54 Å². The molecule has 0 aliphatic rings. The highest BCUT2D eigenvalue weighted by molar-refractivity contribution is 14.0. The Bertz CT molecular complexity index is 610. The Morgan fingerprint density at radius 2 is 2.26 bits per heavy atom. The second kappa shape index (κ2) is 10.4. The van der Waals surface area contributed by atoms with E-state index in [1.54, 1.807) is 11.3 Å². The second-order valence-electron chi connectivity index (χ2n) is 5.23. The maximum atomic E-state index is 4.74. The van der Waals surface area contributed by atoms with E-state index >= 15 is 0 Å². The number of aromatic nitrogens is 1. The highest BCUT2D eigenvalue weighted by Crippen LogP contribution is 2.15. The number of hydrogen-bond donors (Lipinski definition) is 1. The standard InChI is InChI=1S/C16H23BrN4S.HI/c1-4-18-16(19-7-5-13-6-8-22-12-13)21(3)11-15-9-14(17)10-20(15)2;/h6,8-10,12H,4-5,7,11H2,1-3H3,(H,18,19);1H. The predicted octanol–water partition coefficient (Wildman–Crippen LogP) is 4.11. The number of halogens is 2. The number of hydrogen-bond acceptors (Lipinski definition) is 2. The minimum Gasteiger partial charge on any atom is -0.357 e. The summed E-state index contributed by atoms with van der Waals surface area (Å²) in [7, 11) is 4.14. The van der Waals surface area contributed by atoms with Crippen LogP contribution in [0.3, 0.4) is 0 Å². The summed E-state index contributed by atoms with van der Waals surface area (Å²) in [5.74, 6) is 0.954. The number of nitrogens with zero attached hydrogens (tertiary/aromatic N) is 3. The molecule has 0 fully saturated rings. The molecule has 23 heavy (non-hydrogen) atoms. The molecule has 0 unspecified atom stereocenters. The van der Waals surface area contributed by atoms with E-state index < -0.39 is 0 Å². The van der Waals surface area contributed by atoms with E-state index in [0.717, 1.165) is 36.5 Å². The summed E-state index contributed by atoms with van der Waals surface area (Å²) in [5.41, 5.74) is 2.61. The molecule has 1 N–H and O–H groups in total. The quantitative estimate of drug-likeness (QED) is 0.360. The van der Waals surface area contributed by atoms with Crippen molar-refractivity contribution in [3.8, 4) is 0 Å². The van der Waals surface area contributed by atoms with Gasteiger partial charge in [0.15, 0.2) is 5.96 Å². The monoisotopic (exact) mass is 510 g/mol. The van der Waals surface area contributed by atoms with Gasteiger partial charge in [-0.1, -0.05) is 0 Å². The molecule has 0 saturated heterocycles. The number of aliphatic imine (C=N–C) groups is 1. The van der Waals surface area contributed by atoms with Crippen LogP contribution in [-0.4, -0.2) is 35.6 Å². The molecule has 0 radical (unpaired) electrons. The molecule has 2 aromatic heterocycles. The van der Waals surface area contributed by atoms with Crippen LogP contribution in [0.4, 0.5) is 0 Å². The van der Waals surface area contributed by atoms with Gasteiger partial charge in [0.25, 0.3) is 0 Å². The maximum Gasteiger partial charge on any atom is 0.194 e. The van der Waals surface area contributed by atoms with Crippen LogP contribution in [0.2, 0.25) is 0 Å². The van der Waals surface area contributed by atoms with Gasteiger partial charge in [-0.25, -0.2) is 0 Å². The molecule has 0 aliphatic heterocycles. The Morgan fingerprint density at radius 1 is 1.48 bits per heavy atom. The van der Waals surface area contributed by atoms with Crippen LogP contribution in [-0.2, 0) is 20.0 Å². The van der Waals surface area contributed by atoms with Crippen molar-refractivity contribution < 1.29 is 0 Å². The molecular weight excluding hydrogens is 487 g/mol. The third-order valence-corrected chi connectivity index (χ3v) is 4.58. The van der Waals surface area contributed by atoms with Gasteiger partial charge in [0, 0.05) is 43.5 Å². The fourth-order valence-electron chi connectivity index (χ4n) is 2.24. The minimum atomic E-state index is 0. The molecule has 0 bridgehead atoms. The van der Waals surface area contributed by atoms with E-state index in [1.165, 1.54) is 11.3 Å². The van der Waals surface area contributed by atoms with Crippen molar-refractivity contribution in [2.24, 2.45) is 12.0 Å². The lowest BCUT2D eigenvalue weighted by atomic mass is 10.2. The van der Waals surface area contributed by atoms with Crippen LogP contribution in [0.15, 0.2) is 38.6 Å². The first-order valence-electron chi connectivity index (χ1n) is 7.41. The molecule has 4 nitrogen and oxygen atoms in total. The van der Waals surface area contributed by atoms with Gasteiger partial charge in [-0.3, -0.25) is 4.99 Å². The molecule has 2 rings (SSSR count). The molecule has 2 heterocycles. The van der Waals surface area contributed by atoms with E-state index in [0.29, 0.717) is 0 Å². The predicted molar refractivity (Wildman–Crippen MR) is 114 cm³/mol. The number of thiophene rings is 1. The SMILES string of the molecule is CCNC(=NCCc1ccsc1)N(C)Cc1cc(Br)cn1C.I. The van der Waals surface area contributed by atoms with Gasteiger partial charge >= 0.3 is 0 Å². The first kappa shape index (κ1) is 20.5. The Hall–Kier alpha value is -0.540.